The fourth-order valence-corrected chi connectivity index (χ4v) is 3.66. The molecule has 1 N–H and O–H groups in total. The van der Waals surface area contributed by atoms with Crippen molar-refractivity contribution >= 4 is 11.6 Å². The predicted octanol–water partition coefficient (Wildman–Crippen LogP) is 6.47. The van der Waals surface area contributed by atoms with Gasteiger partial charge in [-0.2, -0.15) is 0 Å². The van der Waals surface area contributed by atoms with Crippen molar-refractivity contribution in [2.24, 2.45) is 0 Å². The summed E-state index contributed by atoms with van der Waals surface area (Å²) < 4.78 is 12.0. The quantitative estimate of drug-likeness (QED) is 0.269. The third-order valence-electron chi connectivity index (χ3n) is 5.65. The number of aryl methyl sites for hydroxylation is 1. The van der Waals surface area contributed by atoms with Crippen molar-refractivity contribution in [2.45, 2.75) is 13.5 Å². The molecule has 0 aliphatic rings. The number of carbonyl (C=O) groups excluding carboxylic acids is 1. The van der Waals surface area contributed by atoms with E-state index in [1.165, 1.54) is 6.33 Å². The van der Waals surface area contributed by atoms with Crippen molar-refractivity contribution in [3.8, 4) is 28.6 Å². The van der Waals surface area contributed by atoms with Crippen molar-refractivity contribution in [1.29, 1.82) is 0 Å². The van der Waals surface area contributed by atoms with Gasteiger partial charge in [-0.3, -0.25) is 4.79 Å². The molecule has 0 fully saturated rings. The predicted molar refractivity (Wildman–Crippen MR) is 142 cm³/mol. The van der Waals surface area contributed by atoms with E-state index in [-0.39, 0.29) is 5.91 Å². The second-order valence-electron chi connectivity index (χ2n) is 8.29. The molecular weight excluding hydrogens is 464 g/mol. The molecule has 0 saturated carbocycles. The van der Waals surface area contributed by atoms with Gasteiger partial charge in [0, 0.05) is 29.7 Å². The minimum Gasteiger partial charge on any atom is -0.489 e. The number of ether oxygens (including phenoxy) is 2. The second kappa shape index (κ2) is 11.1. The van der Waals surface area contributed by atoms with Crippen molar-refractivity contribution in [1.82, 2.24) is 15.0 Å². The SMILES string of the molecule is Cc1ccc(NC(=O)c2ccc(OCc3ccccc3)cc2)cc1Oc1ncccc1-c1ccncn1. The maximum atomic E-state index is 12.9. The third-order valence-corrected chi connectivity index (χ3v) is 5.65. The molecule has 0 saturated heterocycles. The van der Waals surface area contributed by atoms with Gasteiger partial charge in [-0.1, -0.05) is 36.4 Å². The Morgan fingerprint density at radius 2 is 1.70 bits per heavy atom. The van der Waals surface area contributed by atoms with E-state index in [0.717, 1.165) is 16.7 Å². The van der Waals surface area contributed by atoms with E-state index < -0.39 is 0 Å². The molecule has 7 nitrogen and oxygen atoms in total. The molecule has 2 heterocycles. The topological polar surface area (TPSA) is 86.2 Å². The fraction of sp³-hybridized carbons (Fsp3) is 0.0667. The number of anilines is 1. The highest BCUT2D eigenvalue weighted by atomic mass is 16.5. The Bertz CT molecular complexity index is 1490. The first-order chi connectivity index (χ1) is 18.2. The summed E-state index contributed by atoms with van der Waals surface area (Å²) in [4.78, 5) is 25.5. The summed E-state index contributed by atoms with van der Waals surface area (Å²) >= 11 is 0. The fourth-order valence-electron chi connectivity index (χ4n) is 3.66. The zero-order valence-electron chi connectivity index (χ0n) is 20.2. The van der Waals surface area contributed by atoms with E-state index in [0.29, 0.717) is 40.9 Å². The van der Waals surface area contributed by atoms with Gasteiger partial charge in [0.2, 0.25) is 5.88 Å². The third kappa shape index (κ3) is 5.97. The lowest BCUT2D eigenvalue weighted by molar-refractivity contribution is 0.102. The summed E-state index contributed by atoms with van der Waals surface area (Å²) in [6.45, 7) is 2.40. The Hall–Kier alpha value is -5.04. The summed E-state index contributed by atoms with van der Waals surface area (Å²) in [6.07, 6.45) is 4.81. The lowest BCUT2D eigenvalue weighted by atomic mass is 10.1. The average molecular weight is 489 g/mol. The molecule has 0 spiro atoms. The molecule has 0 unspecified atom stereocenters. The molecule has 1 amide bonds. The molecule has 0 radical (unpaired) electrons. The van der Waals surface area contributed by atoms with E-state index in [9.17, 15) is 4.79 Å². The summed E-state index contributed by atoms with van der Waals surface area (Å²) in [7, 11) is 0. The van der Waals surface area contributed by atoms with E-state index >= 15 is 0 Å². The molecule has 0 atom stereocenters. The van der Waals surface area contributed by atoms with E-state index in [2.05, 4.69) is 20.3 Å². The Morgan fingerprint density at radius 1 is 0.865 bits per heavy atom. The van der Waals surface area contributed by atoms with Crippen LogP contribution in [0.25, 0.3) is 11.3 Å². The molecule has 5 aromatic rings. The van der Waals surface area contributed by atoms with Crippen molar-refractivity contribution in [3.05, 3.63) is 126 Å². The van der Waals surface area contributed by atoms with E-state index in [1.807, 2.05) is 61.5 Å². The molecular formula is C30H24N4O3. The molecule has 0 bridgehead atoms. The molecule has 3 aromatic carbocycles. The van der Waals surface area contributed by atoms with Crippen LogP contribution in [0, 0.1) is 6.92 Å². The Balaban J connectivity index is 1.27. The van der Waals surface area contributed by atoms with Crippen LogP contribution in [0.2, 0.25) is 0 Å². The van der Waals surface area contributed by atoms with Crippen LogP contribution in [0.15, 0.2) is 110 Å². The van der Waals surface area contributed by atoms with Gasteiger partial charge in [0.1, 0.15) is 24.4 Å². The van der Waals surface area contributed by atoms with Crippen LogP contribution in [0.5, 0.6) is 17.4 Å². The number of carbonyl (C=O) groups is 1. The standard InChI is InChI=1S/C30H24N4O3/c1-21-9-12-24(18-28(21)37-30-26(8-5-16-32-30)27-15-17-31-20-33-27)34-29(35)23-10-13-25(14-11-23)36-19-22-6-3-2-4-7-22/h2-18,20H,19H2,1H3,(H,34,35). The zero-order valence-corrected chi connectivity index (χ0v) is 20.2. The minimum absolute atomic E-state index is 0.232. The lowest BCUT2D eigenvalue weighted by Gasteiger charge is -2.13. The van der Waals surface area contributed by atoms with Gasteiger partial charge in [0.25, 0.3) is 5.91 Å². The highest BCUT2D eigenvalue weighted by Gasteiger charge is 2.13. The number of nitrogens with zero attached hydrogens (tertiary/aromatic N) is 3. The molecule has 2 aromatic heterocycles. The van der Waals surface area contributed by atoms with E-state index in [1.54, 1.807) is 48.8 Å². The second-order valence-corrected chi connectivity index (χ2v) is 8.29. The number of pyridine rings is 1. The molecule has 0 aliphatic heterocycles. The van der Waals surface area contributed by atoms with Gasteiger partial charge in [0.15, 0.2) is 0 Å². The van der Waals surface area contributed by atoms with Gasteiger partial charge in [-0.25, -0.2) is 15.0 Å². The van der Waals surface area contributed by atoms with Crippen LogP contribution in [0.4, 0.5) is 5.69 Å². The number of aromatic nitrogens is 3. The maximum Gasteiger partial charge on any atom is 0.255 e. The van der Waals surface area contributed by atoms with Gasteiger partial charge >= 0.3 is 0 Å². The van der Waals surface area contributed by atoms with Crippen LogP contribution in [-0.4, -0.2) is 20.9 Å². The van der Waals surface area contributed by atoms with Crippen LogP contribution < -0.4 is 14.8 Å². The Labute approximate surface area is 214 Å². The smallest absolute Gasteiger partial charge is 0.255 e. The number of nitrogens with one attached hydrogen (secondary N) is 1. The summed E-state index contributed by atoms with van der Waals surface area (Å²) in [5.74, 6) is 1.46. The first-order valence-electron chi connectivity index (χ1n) is 11.7. The maximum absolute atomic E-state index is 12.9. The van der Waals surface area contributed by atoms with Gasteiger partial charge < -0.3 is 14.8 Å². The summed E-state index contributed by atoms with van der Waals surface area (Å²) in [6, 6.07) is 28.0. The highest BCUT2D eigenvalue weighted by molar-refractivity contribution is 6.04. The molecule has 37 heavy (non-hydrogen) atoms. The number of hydrogen-bond donors (Lipinski definition) is 1. The Kier molecular flexibility index (Phi) is 7.13. The molecule has 0 aliphatic carbocycles. The zero-order chi connectivity index (χ0) is 25.5. The normalized spacial score (nSPS) is 10.5. The summed E-state index contributed by atoms with van der Waals surface area (Å²) in [5, 5.41) is 2.93. The van der Waals surface area contributed by atoms with Crippen molar-refractivity contribution in [2.75, 3.05) is 5.32 Å². The molecule has 7 heteroatoms. The lowest BCUT2D eigenvalue weighted by Crippen LogP contribution is -2.12. The van der Waals surface area contributed by atoms with Gasteiger partial charge in [-0.05, 0) is 66.6 Å². The largest absolute Gasteiger partial charge is 0.489 e. The monoisotopic (exact) mass is 488 g/mol. The van der Waals surface area contributed by atoms with Gasteiger partial charge in [-0.15, -0.1) is 0 Å². The number of benzene rings is 3. The Morgan fingerprint density at radius 3 is 2.49 bits per heavy atom. The summed E-state index contributed by atoms with van der Waals surface area (Å²) in [5.41, 5.74) is 4.55. The molecule has 182 valence electrons. The molecule has 5 rings (SSSR count). The first-order valence-corrected chi connectivity index (χ1v) is 11.7. The van der Waals surface area contributed by atoms with Crippen LogP contribution in [-0.2, 0) is 6.61 Å². The van der Waals surface area contributed by atoms with E-state index in [4.69, 9.17) is 9.47 Å². The number of hydrogen-bond acceptors (Lipinski definition) is 6. The number of rotatable bonds is 8. The minimum atomic E-state index is -0.232. The van der Waals surface area contributed by atoms with Gasteiger partial charge in [0.05, 0.1) is 11.3 Å². The average Bonchev–Trinajstić information content (AvgIpc) is 2.95. The van der Waals surface area contributed by atoms with Crippen LogP contribution in [0.1, 0.15) is 21.5 Å². The highest BCUT2D eigenvalue weighted by Crippen LogP contribution is 2.33. The van der Waals surface area contributed by atoms with Crippen LogP contribution >= 0.6 is 0 Å². The first kappa shape index (κ1) is 23.7. The number of amides is 1. The van der Waals surface area contributed by atoms with Crippen molar-refractivity contribution < 1.29 is 14.3 Å². The van der Waals surface area contributed by atoms with Crippen molar-refractivity contribution in [3.63, 3.8) is 0 Å². The van der Waals surface area contributed by atoms with Crippen LogP contribution in [0.3, 0.4) is 0 Å².